The first-order valence-corrected chi connectivity index (χ1v) is 6.13. The van der Waals surface area contributed by atoms with Crippen molar-refractivity contribution in [2.45, 2.75) is 13.5 Å². The molecule has 1 amide bonds. The van der Waals surface area contributed by atoms with E-state index in [0.29, 0.717) is 18.2 Å². The van der Waals surface area contributed by atoms with Crippen LogP contribution in [0, 0.1) is 0 Å². The minimum absolute atomic E-state index is 0.0700. The van der Waals surface area contributed by atoms with Crippen LogP contribution < -0.4 is 15.5 Å². The predicted molar refractivity (Wildman–Crippen MR) is 74.2 cm³/mol. The smallest absolute Gasteiger partial charge is 0.239 e. The Bertz CT molecular complexity index is 400. The fraction of sp³-hybridized carbons (Fsp3) is 0.583. The fourth-order valence-corrected chi connectivity index (χ4v) is 1.52. The van der Waals surface area contributed by atoms with Gasteiger partial charge in [-0.25, -0.2) is 9.97 Å². The van der Waals surface area contributed by atoms with E-state index in [9.17, 15) is 4.79 Å². The summed E-state index contributed by atoms with van der Waals surface area (Å²) in [6.07, 6.45) is 0. The lowest BCUT2D eigenvalue weighted by atomic mass is 10.4. The molecule has 0 bridgehead atoms. The summed E-state index contributed by atoms with van der Waals surface area (Å²) in [6, 6.07) is 1.81. The number of nitrogens with one attached hydrogen (secondary N) is 2. The van der Waals surface area contributed by atoms with Gasteiger partial charge in [0.25, 0.3) is 0 Å². The van der Waals surface area contributed by atoms with Crippen molar-refractivity contribution in [3.63, 3.8) is 0 Å². The summed E-state index contributed by atoms with van der Waals surface area (Å²) < 4.78 is 5.05. The average molecular weight is 267 g/mol. The normalized spacial score (nSPS) is 10.1. The third-order valence-corrected chi connectivity index (χ3v) is 2.44. The van der Waals surface area contributed by atoms with Gasteiger partial charge in [-0.3, -0.25) is 4.79 Å². The van der Waals surface area contributed by atoms with E-state index in [-0.39, 0.29) is 12.5 Å². The summed E-state index contributed by atoms with van der Waals surface area (Å²) in [5.41, 5.74) is 0. The van der Waals surface area contributed by atoms with E-state index in [2.05, 4.69) is 20.6 Å². The lowest BCUT2D eigenvalue weighted by Gasteiger charge is -2.18. The molecule has 0 saturated heterocycles. The van der Waals surface area contributed by atoms with E-state index in [1.54, 1.807) is 19.1 Å². The monoisotopic (exact) mass is 267 g/mol. The summed E-state index contributed by atoms with van der Waals surface area (Å²) in [4.78, 5) is 21.8. The second-order valence-electron chi connectivity index (χ2n) is 4.02. The van der Waals surface area contributed by atoms with E-state index in [1.807, 2.05) is 20.0 Å². The van der Waals surface area contributed by atoms with Crippen LogP contribution in [0.4, 0.5) is 11.6 Å². The molecular formula is C12H21N5O2. The maximum atomic E-state index is 11.4. The number of hydrogen-bond acceptors (Lipinski definition) is 6. The average Bonchev–Trinajstić information content (AvgIpc) is 2.39. The number of carbonyl (C=O) groups is 1. The highest BCUT2D eigenvalue weighted by Gasteiger charge is 2.10. The highest BCUT2D eigenvalue weighted by molar-refractivity contribution is 5.80. The number of nitrogens with zero attached hydrogens (tertiary/aromatic N) is 3. The van der Waals surface area contributed by atoms with Gasteiger partial charge in [0.1, 0.15) is 18.2 Å². The summed E-state index contributed by atoms with van der Waals surface area (Å²) in [6.45, 7) is 3.33. The molecule has 0 fully saturated rings. The van der Waals surface area contributed by atoms with E-state index < -0.39 is 0 Å². The second-order valence-corrected chi connectivity index (χ2v) is 4.02. The molecule has 0 radical (unpaired) electrons. The molecule has 0 saturated carbocycles. The van der Waals surface area contributed by atoms with E-state index in [4.69, 9.17) is 4.74 Å². The molecule has 0 aliphatic heterocycles. The van der Waals surface area contributed by atoms with Crippen LogP contribution in [0.15, 0.2) is 6.07 Å². The van der Waals surface area contributed by atoms with Gasteiger partial charge in [-0.1, -0.05) is 0 Å². The third-order valence-electron chi connectivity index (χ3n) is 2.44. The van der Waals surface area contributed by atoms with Crippen LogP contribution in [0.2, 0.25) is 0 Å². The van der Waals surface area contributed by atoms with Gasteiger partial charge in [0.2, 0.25) is 5.91 Å². The minimum atomic E-state index is -0.0700. The summed E-state index contributed by atoms with van der Waals surface area (Å²) in [7, 11) is 5.01. The Kier molecular flexibility index (Phi) is 6.01. The summed E-state index contributed by atoms with van der Waals surface area (Å²) >= 11 is 0. The van der Waals surface area contributed by atoms with Crippen LogP contribution >= 0.6 is 0 Å². The molecular weight excluding hydrogens is 246 g/mol. The number of hydrogen-bond donors (Lipinski definition) is 2. The van der Waals surface area contributed by atoms with Crippen molar-refractivity contribution in [2.24, 2.45) is 0 Å². The number of rotatable bonds is 7. The van der Waals surface area contributed by atoms with Gasteiger partial charge < -0.3 is 20.3 Å². The van der Waals surface area contributed by atoms with E-state index in [0.717, 1.165) is 12.4 Å². The van der Waals surface area contributed by atoms with Gasteiger partial charge in [-0.2, -0.15) is 0 Å². The zero-order chi connectivity index (χ0) is 14.3. The fourth-order valence-electron chi connectivity index (χ4n) is 1.52. The maximum absolute atomic E-state index is 11.4. The van der Waals surface area contributed by atoms with Crippen LogP contribution in [-0.4, -0.2) is 50.2 Å². The zero-order valence-corrected chi connectivity index (χ0v) is 11.9. The van der Waals surface area contributed by atoms with Gasteiger partial charge in [0.05, 0.1) is 6.54 Å². The van der Waals surface area contributed by atoms with Crippen LogP contribution in [0.1, 0.15) is 12.7 Å². The lowest BCUT2D eigenvalue weighted by molar-refractivity contribution is -0.119. The van der Waals surface area contributed by atoms with Crippen molar-refractivity contribution in [1.82, 2.24) is 15.3 Å². The molecule has 0 aliphatic rings. The first-order chi connectivity index (χ1) is 9.10. The quantitative estimate of drug-likeness (QED) is 0.736. The standard InChI is InChI=1S/C12H21N5O2/c1-5-14-9-6-11(16-10(15-9)8-19-4)17(3)7-12(18)13-2/h6H,5,7-8H2,1-4H3,(H,13,18)(H,14,15,16). The Morgan fingerprint density at radius 2 is 2.21 bits per heavy atom. The van der Waals surface area contributed by atoms with Crippen LogP contribution in [-0.2, 0) is 16.1 Å². The number of likely N-dealkylation sites (N-methyl/N-ethyl adjacent to an activating group) is 2. The second kappa shape index (κ2) is 7.52. The SMILES string of the molecule is CCNc1cc(N(C)CC(=O)NC)nc(COC)n1. The maximum Gasteiger partial charge on any atom is 0.239 e. The van der Waals surface area contributed by atoms with Crippen LogP contribution in [0.5, 0.6) is 0 Å². The Morgan fingerprint density at radius 1 is 1.47 bits per heavy atom. The Labute approximate surface area is 113 Å². The molecule has 1 aromatic heterocycles. The number of anilines is 2. The summed E-state index contributed by atoms with van der Waals surface area (Å²) in [5.74, 6) is 1.92. The molecule has 7 nitrogen and oxygen atoms in total. The molecule has 1 heterocycles. The first kappa shape index (κ1) is 15.2. The molecule has 0 atom stereocenters. The van der Waals surface area contributed by atoms with E-state index in [1.165, 1.54) is 0 Å². The molecule has 1 aromatic rings. The van der Waals surface area contributed by atoms with Crippen molar-refractivity contribution < 1.29 is 9.53 Å². The van der Waals surface area contributed by atoms with Gasteiger partial charge in [-0.05, 0) is 6.92 Å². The molecule has 7 heteroatoms. The number of amides is 1. The van der Waals surface area contributed by atoms with E-state index >= 15 is 0 Å². The first-order valence-electron chi connectivity index (χ1n) is 6.13. The number of aromatic nitrogens is 2. The molecule has 0 spiro atoms. The Hall–Kier alpha value is -1.89. The highest BCUT2D eigenvalue weighted by Crippen LogP contribution is 2.15. The molecule has 2 N–H and O–H groups in total. The number of ether oxygens (including phenoxy) is 1. The Morgan fingerprint density at radius 3 is 2.79 bits per heavy atom. The largest absolute Gasteiger partial charge is 0.377 e. The molecule has 0 aliphatic carbocycles. The Balaban J connectivity index is 2.93. The van der Waals surface area contributed by atoms with Crippen molar-refractivity contribution in [1.29, 1.82) is 0 Å². The lowest BCUT2D eigenvalue weighted by Crippen LogP contribution is -2.33. The van der Waals surface area contributed by atoms with Crippen LogP contribution in [0.25, 0.3) is 0 Å². The number of carbonyl (C=O) groups excluding carboxylic acids is 1. The topological polar surface area (TPSA) is 79.4 Å². The van der Waals surface area contributed by atoms with Crippen molar-refractivity contribution >= 4 is 17.5 Å². The summed E-state index contributed by atoms with van der Waals surface area (Å²) in [5, 5.41) is 5.72. The van der Waals surface area contributed by atoms with Crippen molar-refractivity contribution in [3.05, 3.63) is 11.9 Å². The molecule has 0 unspecified atom stereocenters. The molecule has 1 rings (SSSR count). The van der Waals surface area contributed by atoms with Gasteiger partial charge in [-0.15, -0.1) is 0 Å². The van der Waals surface area contributed by atoms with Crippen molar-refractivity contribution in [3.8, 4) is 0 Å². The van der Waals surface area contributed by atoms with Gasteiger partial charge >= 0.3 is 0 Å². The number of methoxy groups -OCH3 is 1. The van der Waals surface area contributed by atoms with Crippen molar-refractivity contribution in [2.75, 3.05) is 44.5 Å². The van der Waals surface area contributed by atoms with Gasteiger partial charge in [0, 0.05) is 33.8 Å². The molecule has 106 valence electrons. The molecule has 19 heavy (non-hydrogen) atoms. The van der Waals surface area contributed by atoms with Crippen LogP contribution in [0.3, 0.4) is 0 Å². The van der Waals surface area contributed by atoms with Gasteiger partial charge in [0.15, 0.2) is 5.82 Å². The minimum Gasteiger partial charge on any atom is -0.377 e. The highest BCUT2D eigenvalue weighted by atomic mass is 16.5. The zero-order valence-electron chi connectivity index (χ0n) is 11.9. The third kappa shape index (κ3) is 4.70. The predicted octanol–water partition coefficient (Wildman–Crippen LogP) is 0.237. The molecule has 0 aromatic carbocycles.